The number of carboxylic acids is 1. The Morgan fingerprint density at radius 3 is 3.00 bits per heavy atom. The highest BCUT2D eigenvalue weighted by Gasteiger charge is 2.23. The molecule has 1 heterocycles. The van der Waals surface area contributed by atoms with Gasteiger partial charge in [-0.2, -0.15) is 0 Å². The Morgan fingerprint density at radius 1 is 1.64 bits per heavy atom. The van der Waals surface area contributed by atoms with Gasteiger partial charge in [-0.1, -0.05) is 0 Å². The number of nitrogen functional groups attached to an aromatic ring is 1. The van der Waals surface area contributed by atoms with E-state index in [1.54, 1.807) is 0 Å². The van der Waals surface area contributed by atoms with Crippen molar-refractivity contribution in [3.05, 3.63) is 23.3 Å². The van der Waals surface area contributed by atoms with Crippen molar-refractivity contribution in [2.45, 2.75) is 19.4 Å². The van der Waals surface area contributed by atoms with Crippen molar-refractivity contribution in [3.63, 3.8) is 0 Å². The van der Waals surface area contributed by atoms with Crippen molar-refractivity contribution in [1.82, 2.24) is 0 Å². The van der Waals surface area contributed by atoms with E-state index in [0.29, 0.717) is 11.4 Å². The Morgan fingerprint density at radius 2 is 2.36 bits per heavy atom. The molecule has 14 heavy (non-hydrogen) atoms. The quantitative estimate of drug-likeness (QED) is 0.659. The summed E-state index contributed by atoms with van der Waals surface area (Å²) < 4.78 is 5.44. The summed E-state index contributed by atoms with van der Waals surface area (Å²) in [6, 6.07) is 3.00. The molecule has 0 spiro atoms. The van der Waals surface area contributed by atoms with Crippen molar-refractivity contribution in [3.8, 4) is 5.75 Å². The number of hydrogen-bond acceptors (Lipinski definition) is 3. The largest absolute Gasteiger partial charge is 0.490 e. The van der Waals surface area contributed by atoms with Gasteiger partial charge in [0.2, 0.25) is 0 Å². The maximum atomic E-state index is 10.7. The molecule has 0 saturated carbocycles. The maximum absolute atomic E-state index is 10.7. The summed E-state index contributed by atoms with van der Waals surface area (Å²) in [6.07, 6.45) is 0.831. The molecular weight excluding hydrogens is 182 g/mol. The number of rotatable bonds is 1. The van der Waals surface area contributed by atoms with Crippen molar-refractivity contribution >= 4 is 11.7 Å². The number of carboxylic acid groups (broad SMARTS) is 1. The van der Waals surface area contributed by atoms with Crippen molar-refractivity contribution in [2.75, 3.05) is 5.73 Å². The predicted octanol–water partition coefficient (Wildman–Crippen LogP) is 1.29. The van der Waals surface area contributed by atoms with Gasteiger partial charge in [0.25, 0.3) is 0 Å². The van der Waals surface area contributed by atoms with E-state index < -0.39 is 5.97 Å². The van der Waals surface area contributed by atoms with Crippen LogP contribution < -0.4 is 10.5 Å². The third kappa shape index (κ3) is 1.28. The number of benzene rings is 1. The summed E-state index contributed by atoms with van der Waals surface area (Å²) in [7, 11) is 0. The molecule has 4 heteroatoms. The van der Waals surface area contributed by atoms with Crippen molar-refractivity contribution in [1.29, 1.82) is 0 Å². The van der Waals surface area contributed by atoms with Gasteiger partial charge < -0.3 is 15.6 Å². The molecule has 1 aliphatic rings. The minimum atomic E-state index is -0.984. The van der Waals surface area contributed by atoms with E-state index in [4.69, 9.17) is 15.6 Å². The zero-order chi connectivity index (χ0) is 10.3. The van der Waals surface area contributed by atoms with Crippen LogP contribution in [0.2, 0.25) is 0 Å². The third-order valence-corrected chi connectivity index (χ3v) is 2.31. The predicted molar refractivity (Wildman–Crippen MR) is 51.6 cm³/mol. The van der Waals surface area contributed by atoms with E-state index in [1.165, 1.54) is 12.1 Å². The van der Waals surface area contributed by atoms with Gasteiger partial charge in [-0.15, -0.1) is 0 Å². The molecule has 0 aromatic heterocycles. The van der Waals surface area contributed by atoms with Crippen LogP contribution in [-0.4, -0.2) is 17.2 Å². The van der Waals surface area contributed by atoms with E-state index in [1.807, 2.05) is 6.92 Å². The highest BCUT2D eigenvalue weighted by atomic mass is 16.5. The van der Waals surface area contributed by atoms with Crippen LogP contribution in [0.1, 0.15) is 22.8 Å². The fourth-order valence-electron chi connectivity index (χ4n) is 1.66. The zero-order valence-corrected chi connectivity index (χ0v) is 7.78. The average Bonchev–Trinajstić information content (AvgIpc) is 2.45. The Kier molecular flexibility index (Phi) is 1.84. The van der Waals surface area contributed by atoms with E-state index in [9.17, 15) is 4.79 Å². The monoisotopic (exact) mass is 193 g/mol. The lowest BCUT2D eigenvalue weighted by Crippen LogP contribution is -2.05. The molecular formula is C10H11NO3. The summed E-state index contributed by atoms with van der Waals surface area (Å²) in [5.41, 5.74) is 7.33. The van der Waals surface area contributed by atoms with Crippen LogP contribution in [0.4, 0.5) is 5.69 Å². The first-order valence-electron chi connectivity index (χ1n) is 4.40. The lowest BCUT2D eigenvalue weighted by atomic mass is 10.1. The Labute approximate surface area is 81.3 Å². The molecule has 1 atom stereocenters. The molecule has 0 aliphatic carbocycles. The SMILES string of the molecule is CC1Cc2c(N)cc(C(=O)O)cc2O1. The van der Waals surface area contributed by atoms with E-state index in [-0.39, 0.29) is 11.7 Å². The summed E-state index contributed by atoms with van der Waals surface area (Å²) in [5.74, 6) is -0.377. The topological polar surface area (TPSA) is 72.6 Å². The van der Waals surface area contributed by atoms with Gasteiger partial charge in [-0.25, -0.2) is 4.79 Å². The van der Waals surface area contributed by atoms with Crippen LogP contribution in [0.25, 0.3) is 0 Å². The molecule has 74 valence electrons. The van der Waals surface area contributed by atoms with E-state index in [0.717, 1.165) is 12.0 Å². The van der Waals surface area contributed by atoms with E-state index in [2.05, 4.69) is 0 Å². The van der Waals surface area contributed by atoms with Crippen molar-refractivity contribution < 1.29 is 14.6 Å². The molecule has 0 fully saturated rings. The first-order valence-corrected chi connectivity index (χ1v) is 4.40. The fourth-order valence-corrected chi connectivity index (χ4v) is 1.66. The summed E-state index contributed by atoms with van der Waals surface area (Å²) >= 11 is 0. The molecule has 0 saturated heterocycles. The Bertz CT molecular complexity index is 401. The Balaban J connectivity index is 2.51. The fraction of sp³-hybridized carbons (Fsp3) is 0.300. The number of anilines is 1. The van der Waals surface area contributed by atoms with Crippen LogP contribution in [0.15, 0.2) is 12.1 Å². The van der Waals surface area contributed by atoms with Crippen LogP contribution in [0.5, 0.6) is 5.75 Å². The molecule has 0 amide bonds. The number of nitrogens with two attached hydrogens (primary N) is 1. The third-order valence-electron chi connectivity index (χ3n) is 2.31. The molecule has 1 aliphatic heterocycles. The van der Waals surface area contributed by atoms with Crippen molar-refractivity contribution in [2.24, 2.45) is 0 Å². The average molecular weight is 193 g/mol. The van der Waals surface area contributed by atoms with Crippen LogP contribution in [-0.2, 0) is 6.42 Å². The highest BCUT2D eigenvalue weighted by Crippen LogP contribution is 2.34. The number of hydrogen-bond donors (Lipinski definition) is 2. The first kappa shape index (κ1) is 8.87. The maximum Gasteiger partial charge on any atom is 0.335 e. The second-order valence-corrected chi connectivity index (χ2v) is 3.48. The van der Waals surface area contributed by atoms with E-state index >= 15 is 0 Å². The smallest absolute Gasteiger partial charge is 0.335 e. The molecule has 1 aromatic rings. The van der Waals surface area contributed by atoms with Gasteiger partial charge in [-0.05, 0) is 19.1 Å². The van der Waals surface area contributed by atoms with Gasteiger partial charge in [0.1, 0.15) is 11.9 Å². The minimum Gasteiger partial charge on any atom is -0.490 e. The second-order valence-electron chi connectivity index (χ2n) is 3.48. The lowest BCUT2D eigenvalue weighted by molar-refractivity contribution is 0.0696. The number of carbonyl (C=O) groups is 1. The standard InChI is InChI=1S/C10H11NO3/c1-5-2-7-8(11)3-6(10(12)13)4-9(7)14-5/h3-5H,2,11H2,1H3,(H,12,13). The summed E-state index contributed by atoms with van der Waals surface area (Å²) in [4.78, 5) is 10.7. The summed E-state index contributed by atoms with van der Waals surface area (Å²) in [5, 5.41) is 8.80. The van der Waals surface area contributed by atoms with Gasteiger partial charge in [0, 0.05) is 17.7 Å². The molecule has 0 bridgehead atoms. The molecule has 2 rings (SSSR count). The molecule has 1 aromatic carbocycles. The van der Waals surface area contributed by atoms with Crippen LogP contribution in [0, 0.1) is 0 Å². The zero-order valence-electron chi connectivity index (χ0n) is 7.78. The van der Waals surface area contributed by atoms with Gasteiger partial charge in [-0.3, -0.25) is 0 Å². The first-order chi connectivity index (χ1) is 6.58. The Hall–Kier alpha value is -1.71. The highest BCUT2D eigenvalue weighted by molar-refractivity contribution is 5.90. The van der Waals surface area contributed by atoms with Gasteiger partial charge in [0.15, 0.2) is 0 Å². The minimum absolute atomic E-state index is 0.0799. The molecule has 4 nitrogen and oxygen atoms in total. The number of ether oxygens (including phenoxy) is 1. The molecule has 3 N–H and O–H groups in total. The van der Waals surface area contributed by atoms with Crippen LogP contribution in [0.3, 0.4) is 0 Å². The van der Waals surface area contributed by atoms with Gasteiger partial charge >= 0.3 is 5.97 Å². The second kappa shape index (κ2) is 2.90. The summed E-state index contributed by atoms with van der Waals surface area (Å²) in [6.45, 7) is 1.93. The number of aromatic carboxylic acids is 1. The molecule has 0 radical (unpaired) electrons. The number of fused-ring (bicyclic) bond motifs is 1. The van der Waals surface area contributed by atoms with Crippen LogP contribution >= 0.6 is 0 Å². The molecule has 1 unspecified atom stereocenters. The van der Waals surface area contributed by atoms with Gasteiger partial charge in [0.05, 0.1) is 5.56 Å². The normalized spacial score (nSPS) is 18.8. The lowest BCUT2D eigenvalue weighted by Gasteiger charge is -2.04.